The molecule has 0 bridgehead atoms. The van der Waals surface area contributed by atoms with E-state index in [4.69, 9.17) is 14.2 Å². The summed E-state index contributed by atoms with van der Waals surface area (Å²) in [6.45, 7) is 5.18. The molecule has 180 valence electrons. The molecular formula is C24H33IN4O4. The summed E-state index contributed by atoms with van der Waals surface area (Å²) >= 11 is 0. The van der Waals surface area contributed by atoms with Crippen LogP contribution >= 0.6 is 24.0 Å². The zero-order valence-corrected chi connectivity index (χ0v) is 21.3. The quantitative estimate of drug-likeness (QED) is 0.175. The molecule has 8 nitrogen and oxygen atoms in total. The first kappa shape index (κ1) is 26.6. The molecule has 0 aromatic heterocycles. The number of aliphatic imine (C=N–C) groups is 1. The van der Waals surface area contributed by atoms with Crippen LogP contribution < -0.4 is 30.2 Å². The van der Waals surface area contributed by atoms with Gasteiger partial charge in [-0.05, 0) is 37.1 Å². The second-order valence-corrected chi connectivity index (χ2v) is 7.29. The van der Waals surface area contributed by atoms with Gasteiger partial charge in [0.1, 0.15) is 12.3 Å². The lowest BCUT2D eigenvalue weighted by Gasteiger charge is -2.15. The highest BCUT2D eigenvalue weighted by Crippen LogP contribution is 2.32. The summed E-state index contributed by atoms with van der Waals surface area (Å²) in [5.74, 6) is 2.68. The molecule has 3 N–H and O–H groups in total. The molecule has 33 heavy (non-hydrogen) atoms. The minimum absolute atomic E-state index is 0. The van der Waals surface area contributed by atoms with E-state index in [1.165, 1.54) is 0 Å². The number of halogens is 1. The number of ether oxygens (including phenoxy) is 3. The van der Waals surface area contributed by atoms with Gasteiger partial charge >= 0.3 is 0 Å². The van der Waals surface area contributed by atoms with Crippen molar-refractivity contribution in [3.8, 4) is 17.2 Å². The van der Waals surface area contributed by atoms with Crippen molar-refractivity contribution in [3.05, 3.63) is 48.5 Å². The monoisotopic (exact) mass is 568 g/mol. The summed E-state index contributed by atoms with van der Waals surface area (Å²) in [6.07, 6.45) is 2.51. The predicted molar refractivity (Wildman–Crippen MR) is 141 cm³/mol. The van der Waals surface area contributed by atoms with Crippen LogP contribution in [0, 0.1) is 0 Å². The molecule has 0 atom stereocenters. The number of anilines is 1. The summed E-state index contributed by atoms with van der Waals surface area (Å²) in [4.78, 5) is 16.4. The molecule has 1 aliphatic rings. The average molecular weight is 568 g/mol. The zero-order chi connectivity index (χ0) is 22.4. The number of benzene rings is 2. The molecule has 2 aromatic carbocycles. The van der Waals surface area contributed by atoms with Crippen molar-refractivity contribution in [1.29, 1.82) is 0 Å². The highest BCUT2D eigenvalue weighted by Gasteiger charge is 2.11. The topological polar surface area (TPSA) is 93.2 Å². The maximum absolute atomic E-state index is 12.0. The second-order valence-electron chi connectivity index (χ2n) is 7.29. The van der Waals surface area contributed by atoms with E-state index in [0.717, 1.165) is 36.4 Å². The third kappa shape index (κ3) is 9.77. The van der Waals surface area contributed by atoms with E-state index in [2.05, 4.69) is 20.9 Å². The van der Waals surface area contributed by atoms with E-state index >= 15 is 0 Å². The van der Waals surface area contributed by atoms with Crippen LogP contribution in [0.3, 0.4) is 0 Å². The number of hydrogen-bond acceptors (Lipinski definition) is 5. The minimum atomic E-state index is -0.112. The van der Waals surface area contributed by atoms with E-state index in [1.807, 2.05) is 55.5 Å². The normalized spacial score (nSPS) is 12.7. The van der Waals surface area contributed by atoms with Crippen LogP contribution in [-0.4, -0.2) is 51.3 Å². The van der Waals surface area contributed by atoms with Gasteiger partial charge in [0, 0.05) is 31.3 Å². The molecule has 0 saturated heterocycles. The Morgan fingerprint density at radius 1 is 1.03 bits per heavy atom. The largest absolute Gasteiger partial charge is 0.494 e. The molecule has 1 aliphatic heterocycles. The highest BCUT2D eigenvalue weighted by molar-refractivity contribution is 14.0. The standard InChI is InChI=1S/C24H32N4O4.HI/c1-2-12-25-23(29)18-27-24(26-13-6-14-30-20-8-4-3-5-9-20)28-19-10-11-21-22(17-19)32-16-7-15-31-21;/h3-5,8-11,17H,2,6-7,12-16,18H2,1H3,(H,25,29)(H2,26,27,28);1H. The lowest BCUT2D eigenvalue weighted by atomic mass is 10.2. The van der Waals surface area contributed by atoms with Crippen molar-refractivity contribution in [1.82, 2.24) is 10.6 Å². The number of guanidine groups is 1. The second kappa shape index (κ2) is 15.2. The number of amides is 1. The smallest absolute Gasteiger partial charge is 0.241 e. The fourth-order valence-electron chi connectivity index (χ4n) is 2.97. The number of rotatable bonds is 10. The van der Waals surface area contributed by atoms with E-state index in [9.17, 15) is 4.79 Å². The maximum Gasteiger partial charge on any atom is 0.241 e. The van der Waals surface area contributed by atoms with Crippen LogP contribution in [-0.2, 0) is 4.79 Å². The molecule has 0 spiro atoms. The number of hydrogen-bond donors (Lipinski definition) is 3. The third-order valence-electron chi connectivity index (χ3n) is 4.59. The Kier molecular flexibility index (Phi) is 12.2. The predicted octanol–water partition coefficient (Wildman–Crippen LogP) is 3.82. The van der Waals surface area contributed by atoms with Crippen LogP contribution in [0.1, 0.15) is 26.2 Å². The summed E-state index contributed by atoms with van der Waals surface area (Å²) in [6, 6.07) is 15.4. The highest BCUT2D eigenvalue weighted by atomic mass is 127. The van der Waals surface area contributed by atoms with Crippen LogP contribution in [0.4, 0.5) is 5.69 Å². The van der Waals surface area contributed by atoms with Gasteiger partial charge in [-0.3, -0.25) is 4.79 Å². The van der Waals surface area contributed by atoms with Gasteiger partial charge in [-0.1, -0.05) is 25.1 Å². The lowest BCUT2D eigenvalue weighted by molar-refractivity contribution is -0.119. The number of fused-ring (bicyclic) bond motifs is 1. The Morgan fingerprint density at radius 2 is 1.82 bits per heavy atom. The first-order valence-corrected chi connectivity index (χ1v) is 11.1. The van der Waals surface area contributed by atoms with Gasteiger partial charge in [-0.15, -0.1) is 24.0 Å². The van der Waals surface area contributed by atoms with E-state index in [-0.39, 0.29) is 36.4 Å². The summed E-state index contributed by atoms with van der Waals surface area (Å²) < 4.78 is 17.2. The van der Waals surface area contributed by atoms with Gasteiger partial charge in [0.25, 0.3) is 0 Å². The van der Waals surface area contributed by atoms with Gasteiger partial charge in [-0.2, -0.15) is 0 Å². The minimum Gasteiger partial charge on any atom is -0.494 e. The number of nitrogens with zero attached hydrogens (tertiary/aromatic N) is 1. The van der Waals surface area contributed by atoms with E-state index < -0.39 is 0 Å². The number of carbonyl (C=O) groups excluding carboxylic acids is 1. The molecule has 0 aliphatic carbocycles. The third-order valence-corrected chi connectivity index (χ3v) is 4.59. The van der Waals surface area contributed by atoms with Crippen molar-refractivity contribution in [2.45, 2.75) is 26.2 Å². The van der Waals surface area contributed by atoms with E-state index in [1.54, 1.807) is 0 Å². The van der Waals surface area contributed by atoms with E-state index in [0.29, 0.717) is 44.6 Å². The van der Waals surface area contributed by atoms with Gasteiger partial charge in [0.05, 0.1) is 19.8 Å². The SMILES string of the molecule is CCCNC(=O)CN=C(NCCCOc1ccccc1)Nc1ccc2c(c1)OCCCO2.I. The van der Waals surface area contributed by atoms with Crippen LogP contribution in [0.2, 0.25) is 0 Å². The van der Waals surface area contributed by atoms with Crippen LogP contribution in [0.5, 0.6) is 17.2 Å². The molecule has 9 heteroatoms. The molecule has 0 radical (unpaired) electrons. The van der Waals surface area contributed by atoms with Gasteiger partial charge < -0.3 is 30.2 Å². The molecule has 0 saturated carbocycles. The van der Waals surface area contributed by atoms with Crippen LogP contribution in [0.15, 0.2) is 53.5 Å². The average Bonchev–Trinajstić information content (AvgIpc) is 3.06. The Morgan fingerprint density at radius 3 is 2.61 bits per heavy atom. The Bertz CT molecular complexity index is 880. The van der Waals surface area contributed by atoms with Crippen molar-refractivity contribution in [2.24, 2.45) is 4.99 Å². The van der Waals surface area contributed by atoms with Crippen molar-refractivity contribution in [3.63, 3.8) is 0 Å². The number of nitrogens with one attached hydrogen (secondary N) is 3. The summed E-state index contributed by atoms with van der Waals surface area (Å²) in [5.41, 5.74) is 0.801. The zero-order valence-electron chi connectivity index (χ0n) is 19.0. The number of para-hydroxylation sites is 1. The molecule has 1 amide bonds. The summed E-state index contributed by atoms with van der Waals surface area (Å²) in [7, 11) is 0. The molecule has 2 aromatic rings. The van der Waals surface area contributed by atoms with Crippen molar-refractivity contribution < 1.29 is 19.0 Å². The van der Waals surface area contributed by atoms with Crippen molar-refractivity contribution >= 4 is 41.5 Å². The number of carbonyl (C=O) groups is 1. The van der Waals surface area contributed by atoms with Crippen molar-refractivity contribution in [2.75, 3.05) is 44.8 Å². The fraction of sp³-hybridized carbons (Fsp3) is 0.417. The molecule has 3 rings (SSSR count). The first-order chi connectivity index (χ1) is 15.7. The van der Waals surface area contributed by atoms with Gasteiger partial charge in [0.15, 0.2) is 17.5 Å². The Hall–Kier alpha value is -2.69. The summed E-state index contributed by atoms with van der Waals surface area (Å²) in [5, 5.41) is 9.35. The lowest BCUT2D eigenvalue weighted by Crippen LogP contribution is -2.34. The molecule has 1 heterocycles. The van der Waals surface area contributed by atoms with Gasteiger partial charge in [0.2, 0.25) is 5.91 Å². The molecular weight excluding hydrogens is 535 g/mol. The Balaban J connectivity index is 0.00000385. The molecule has 0 fully saturated rings. The van der Waals surface area contributed by atoms with Gasteiger partial charge in [-0.25, -0.2) is 4.99 Å². The fourth-order valence-corrected chi connectivity index (χ4v) is 2.97. The first-order valence-electron chi connectivity index (χ1n) is 11.1. The maximum atomic E-state index is 12.0. The van der Waals surface area contributed by atoms with Crippen LogP contribution in [0.25, 0.3) is 0 Å². The Labute approximate surface area is 212 Å². The molecule has 0 unspecified atom stereocenters.